The molecule has 2 aliphatic rings. The van der Waals surface area contributed by atoms with Crippen molar-refractivity contribution in [2.75, 3.05) is 25.5 Å². The Bertz CT molecular complexity index is 867. The minimum absolute atomic E-state index is 0.0335. The van der Waals surface area contributed by atoms with Gasteiger partial charge in [-0.1, -0.05) is 0 Å². The third-order valence-electron chi connectivity index (χ3n) is 5.51. The number of benzene rings is 1. The number of methoxy groups -OCH3 is 1. The lowest BCUT2D eigenvalue weighted by Crippen LogP contribution is -2.36. The summed E-state index contributed by atoms with van der Waals surface area (Å²) in [4.78, 5) is 32.4. The predicted octanol–water partition coefficient (Wildman–Crippen LogP) is 3.11. The van der Waals surface area contributed by atoms with Crippen molar-refractivity contribution >= 4 is 17.5 Å². The summed E-state index contributed by atoms with van der Waals surface area (Å²) in [6.07, 6.45) is 6.03. The molecular weight excluding hydrogens is 356 g/mol. The second-order valence-corrected chi connectivity index (χ2v) is 7.37. The number of nitrogens with one attached hydrogen (secondary N) is 1. The molecule has 148 valence electrons. The topological polar surface area (TPSA) is 76.5 Å². The highest BCUT2D eigenvalue weighted by Gasteiger charge is 2.30. The highest BCUT2D eigenvalue weighted by molar-refractivity contribution is 6.03. The Morgan fingerprint density at radius 1 is 1.00 bits per heavy atom. The number of rotatable bonds is 4. The van der Waals surface area contributed by atoms with Crippen molar-refractivity contribution in [1.82, 2.24) is 14.5 Å². The average molecular weight is 382 g/mol. The lowest BCUT2D eigenvalue weighted by atomic mass is 10.1. The molecule has 1 N–H and O–H groups in total. The monoisotopic (exact) mass is 382 g/mol. The molecule has 4 rings (SSSR count). The normalized spacial score (nSPS) is 16.4. The van der Waals surface area contributed by atoms with E-state index in [1.165, 1.54) is 6.42 Å². The van der Waals surface area contributed by atoms with E-state index in [0.29, 0.717) is 17.2 Å². The van der Waals surface area contributed by atoms with Crippen molar-refractivity contribution in [3.8, 4) is 5.75 Å². The average Bonchev–Trinajstić information content (AvgIpc) is 3.14. The van der Waals surface area contributed by atoms with E-state index in [9.17, 15) is 9.59 Å². The van der Waals surface area contributed by atoms with Gasteiger partial charge in [-0.3, -0.25) is 9.59 Å². The fraction of sp³-hybridized carbons (Fsp3) is 0.476. The first-order valence-electron chi connectivity index (χ1n) is 10.0. The Balaban J connectivity index is 1.60. The summed E-state index contributed by atoms with van der Waals surface area (Å²) >= 11 is 0. The number of ether oxygens (including phenoxy) is 1. The largest absolute Gasteiger partial charge is 0.497 e. The molecule has 0 aliphatic carbocycles. The van der Waals surface area contributed by atoms with Gasteiger partial charge in [-0.2, -0.15) is 0 Å². The summed E-state index contributed by atoms with van der Waals surface area (Å²) in [5, 5.41) is 2.89. The van der Waals surface area contributed by atoms with Crippen LogP contribution in [-0.4, -0.2) is 46.5 Å². The maximum atomic E-state index is 13.0. The third-order valence-corrected chi connectivity index (χ3v) is 5.51. The van der Waals surface area contributed by atoms with Gasteiger partial charge in [-0.05, 0) is 62.8 Å². The predicted molar refractivity (Wildman–Crippen MR) is 106 cm³/mol. The quantitative estimate of drug-likeness (QED) is 0.882. The first kappa shape index (κ1) is 18.5. The molecule has 3 heterocycles. The number of hydrogen-bond acceptors (Lipinski definition) is 4. The minimum Gasteiger partial charge on any atom is -0.497 e. The Hall–Kier alpha value is -2.83. The molecule has 0 unspecified atom stereocenters. The van der Waals surface area contributed by atoms with E-state index < -0.39 is 0 Å². The fourth-order valence-electron chi connectivity index (χ4n) is 4.00. The fourth-order valence-corrected chi connectivity index (χ4v) is 4.00. The molecule has 7 nitrogen and oxygen atoms in total. The number of fused-ring (bicyclic) bond motifs is 1. The van der Waals surface area contributed by atoms with Gasteiger partial charge in [0.15, 0.2) is 5.82 Å². The molecule has 28 heavy (non-hydrogen) atoms. The van der Waals surface area contributed by atoms with Gasteiger partial charge in [-0.25, -0.2) is 4.98 Å². The molecule has 0 saturated carbocycles. The highest BCUT2D eigenvalue weighted by Crippen LogP contribution is 2.24. The summed E-state index contributed by atoms with van der Waals surface area (Å²) in [7, 11) is 1.60. The number of likely N-dealkylation sites (tertiary alicyclic amines) is 1. The number of hydrogen-bond donors (Lipinski definition) is 1. The van der Waals surface area contributed by atoms with Crippen LogP contribution in [0, 0.1) is 0 Å². The van der Waals surface area contributed by atoms with Crippen LogP contribution in [-0.2, 0) is 13.0 Å². The van der Waals surface area contributed by atoms with Gasteiger partial charge in [-0.15, -0.1) is 0 Å². The lowest BCUT2D eigenvalue weighted by molar-refractivity contribution is 0.0717. The maximum Gasteiger partial charge on any atom is 0.291 e. The smallest absolute Gasteiger partial charge is 0.291 e. The van der Waals surface area contributed by atoms with Crippen LogP contribution in [0.15, 0.2) is 24.3 Å². The zero-order valence-corrected chi connectivity index (χ0v) is 16.2. The molecule has 0 spiro atoms. The molecule has 2 aliphatic heterocycles. The number of imidazole rings is 1. The SMILES string of the molecule is COc1ccc(NC(=O)c2nc(C(=O)N3CCCCC3)c3n2CCCC3)cc1. The van der Waals surface area contributed by atoms with Gasteiger partial charge in [0, 0.05) is 25.3 Å². The zero-order chi connectivity index (χ0) is 19.5. The summed E-state index contributed by atoms with van der Waals surface area (Å²) in [6.45, 7) is 2.28. The number of piperidine rings is 1. The van der Waals surface area contributed by atoms with Gasteiger partial charge >= 0.3 is 0 Å². The van der Waals surface area contributed by atoms with Gasteiger partial charge in [0.2, 0.25) is 0 Å². The summed E-state index contributed by atoms with van der Waals surface area (Å²) in [5.41, 5.74) is 2.03. The van der Waals surface area contributed by atoms with Crippen LogP contribution in [0.1, 0.15) is 58.9 Å². The van der Waals surface area contributed by atoms with E-state index in [4.69, 9.17) is 4.74 Å². The Labute approximate surface area is 164 Å². The van der Waals surface area contributed by atoms with Crippen molar-refractivity contribution in [3.63, 3.8) is 0 Å². The number of nitrogens with zero attached hydrogens (tertiary/aromatic N) is 3. The van der Waals surface area contributed by atoms with E-state index in [1.54, 1.807) is 31.4 Å². The highest BCUT2D eigenvalue weighted by atomic mass is 16.5. The van der Waals surface area contributed by atoms with Crippen molar-refractivity contribution in [2.24, 2.45) is 0 Å². The van der Waals surface area contributed by atoms with E-state index in [0.717, 1.165) is 63.2 Å². The second kappa shape index (κ2) is 8.04. The molecule has 2 amide bonds. The first-order chi connectivity index (χ1) is 13.7. The second-order valence-electron chi connectivity index (χ2n) is 7.37. The lowest BCUT2D eigenvalue weighted by Gasteiger charge is -2.26. The molecule has 1 aromatic heterocycles. The summed E-state index contributed by atoms with van der Waals surface area (Å²) in [6, 6.07) is 7.16. The van der Waals surface area contributed by atoms with Crippen LogP contribution >= 0.6 is 0 Å². The Morgan fingerprint density at radius 3 is 2.43 bits per heavy atom. The van der Waals surface area contributed by atoms with Gasteiger partial charge in [0.1, 0.15) is 11.4 Å². The van der Waals surface area contributed by atoms with Crippen molar-refractivity contribution in [2.45, 2.75) is 45.1 Å². The van der Waals surface area contributed by atoms with E-state index in [-0.39, 0.29) is 11.8 Å². The summed E-state index contributed by atoms with van der Waals surface area (Å²) < 4.78 is 7.08. The maximum absolute atomic E-state index is 13.0. The van der Waals surface area contributed by atoms with E-state index >= 15 is 0 Å². The molecule has 1 aromatic carbocycles. The Kier molecular flexibility index (Phi) is 5.32. The van der Waals surface area contributed by atoms with Gasteiger partial charge in [0.05, 0.1) is 12.8 Å². The summed E-state index contributed by atoms with van der Waals surface area (Å²) in [5.74, 6) is 0.733. The molecule has 0 bridgehead atoms. The van der Waals surface area contributed by atoms with Crippen LogP contribution in [0.3, 0.4) is 0 Å². The molecule has 0 radical (unpaired) electrons. The van der Waals surface area contributed by atoms with E-state index in [2.05, 4.69) is 10.3 Å². The minimum atomic E-state index is -0.286. The van der Waals surface area contributed by atoms with Crippen LogP contribution < -0.4 is 10.1 Å². The van der Waals surface area contributed by atoms with Crippen molar-refractivity contribution < 1.29 is 14.3 Å². The standard InChI is InChI=1S/C21H26N4O3/c1-28-16-10-8-15(9-11-16)22-20(26)19-23-18(17-7-3-6-14-25(17)19)21(27)24-12-4-2-5-13-24/h8-11H,2-7,12-14H2,1H3,(H,22,26). The molecular formula is C21H26N4O3. The molecule has 1 fully saturated rings. The number of amides is 2. The molecule has 2 aromatic rings. The van der Waals surface area contributed by atoms with Crippen LogP contribution in [0.25, 0.3) is 0 Å². The van der Waals surface area contributed by atoms with Crippen LogP contribution in [0.2, 0.25) is 0 Å². The Morgan fingerprint density at radius 2 is 1.71 bits per heavy atom. The zero-order valence-electron chi connectivity index (χ0n) is 16.2. The van der Waals surface area contributed by atoms with Gasteiger partial charge in [0.25, 0.3) is 11.8 Å². The number of carbonyl (C=O) groups excluding carboxylic acids is 2. The number of aromatic nitrogens is 2. The third kappa shape index (κ3) is 3.61. The van der Waals surface area contributed by atoms with Gasteiger partial charge < -0.3 is 19.5 Å². The van der Waals surface area contributed by atoms with E-state index in [1.807, 2.05) is 9.47 Å². The van der Waals surface area contributed by atoms with Crippen LogP contribution in [0.4, 0.5) is 5.69 Å². The number of carbonyl (C=O) groups is 2. The molecule has 7 heteroatoms. The van der Waals surface area contributed by atoms with Crippen molar-refractivity contribution in [3.05, 3.63) is 41.5 Å². The molecule has 1 saturated heterocycles. The van der Waals surface area contributed by atoms with Crippen LogP contribution in [0.5, 0.6) is 5.75 Å². The number of anilines is 1. The van der Waals surface area contributed by atoms with Crippen molar-refractivity contribution in [1.29, 1.82) is 0 Å². The first-order valence-corrected chi connectivity index (χ1v) is 10.0. The molecule has 0 atom stereocenters.